The Balaban J connectivity index is 2.18. The molecule has 1 fully saturated rings. The number of rotatable bonds is 3. The van der Waals surface area contributed by atoms with Crippen molar-refractivity contribution >= 4 is 17.1 Å². The standard InChI is InChI=1S/C14H21N3O2/c1-10-3-5-12(6-4-10)16(2)13-7-11(15)8-14(9-13)17(18)19/h7-10,12H,3-6,15H2,1-2H3. The van der Waals surface area contributed by atoms with E-state index in [0.29, 0.717) is 11.7 Å². The highest BCUT2D eigenvalue weighted by atomic mass is 16.6. The Kier molecular flexibility index (Phi) is 3.93. The van der Waals surface area contributed by atoms with Gasteiger partial charge in [0.15, 0.2) is 0 Å². The van der Waals surface area contributed by atoms with Crippen molar-refractivity contribution in [3.63, 3.8) is 0 Å². The minimum Gasteiger partial charge on any atom is -0.398 e. The lowest BCUT2D eigenvalue weighted by molar-refractivity contribution is -0.384. The molecule has 1 saturated carbocycles. The molecule has 0 unspecified atom stereocenters. The van der Waals surface area contributed by atoms with Gasteiger partial charge in [0.2, 0.25) is 0 Å². The van der Waals surface area contributed by atoms with Gasteiger partial charge >= 0.3 is 0 Å². The van der Waals surface area contributed by atoms with Crippen LogP contribution in [0.2, 0.25) is 0 Å². The largest absolute Gasteiger partial charge is 0.398 e. The van der Waals surface area contributed by atoms with Gasteiger partial charge in [-0.15, -0.1) is 0 Å². The molecule has 0 aliphatic heterocycles. The molecule has 0 radical (unpaired) electrons. The Bertz CT molecular complexity index is 468. The Morgan fingerprint density at radius 1 is 1.26 bits per heavy atom. The maximum atomic E-state index is 10.9. The van der Waals surface area contributed by atoms with Gasteiger partial charge in [0.1, 0.15) is 0 Å². The molecule has 2 N–H and O–H groups in total. The molecular weight excluding hydrogens is 242 g/mol. The summed E-state index contributed by atoms with van der Waals surface area (Å²) in [6, 6.07) is 5.28. The van der Waals surface area contributed by atoms with E-state index in [2.05, 4.69) is 11.8 Å². The van der Waals surface area contributed by atoms with E-state index in [1.165, 1.54) is 18.9 Å². The van der Waals surface area contributed by atoms with E-state index in [0.717, 1.165) is 24.4 Å². The average Bonchev–Trinajstić information content (AvgIpc) is 2.38. The molecule has 0 amide bonds. The van der Waals surface area contributed by atoms with Gasteiger partial charge in [-0.3, -0.25) is 10.1 Å². The third kappa shape index (κ3) is 3.16. The van der Waals surface area contributed by atoms with Crippen LogP contribution in [0.5, 0.6) is 0 Å². The van der Waals surface area contributed by atoms with Crippen LogP contribution >= 0.6 is 0 Å². The van der Waals surface area contributed by atoms with Crippen molar-refractivity contribution < 1.29 is 4.92 Å². The van der Waals surface area contributed by atoms with E-state index < -0.39 is 4.92 Å². The van der Waals surface area contributed by atoms with Crippen LogP contribution < -0.4 is 10.6 Å². The summed E-state index contributed by atoms with van der Waals surface area (Å²) in [5.41, 5.74) is 7.10. The van der Waals surface area contributed by atoms with Gasteiger partial charge < -0.3 is 10.6 Å². The molecule has 0 bridgehead atoms. The first-order chi connectivity index (χ1) is 8.97. The number of nitro benzene ring substituents is 1. The molecule has 0 atom stereocenters. The van der Waals surface area contributed by atoms with Crippen molar-refractivity contribution in [2.45, 2.75) is 38.6 Å². The lowest BCUT2D eigenvalue weighted by atomic mass is 9.86. The van der Waals surface area contributed by atoms with E-state index in [1.54, 1.807) is 6.07 Å². The molecule has 1 aromatic rings. The molecule has 104 valence electrons. The molecule has 0 aromatic heterocycles. The van der Waals surface area contributed by atoms with E-state index in [1.807, 2.05) is 13.1 Å². The summed E-state index contributed by atoms with van der Waals surface area (Å²) in [7, 11) is 2.00. The van der Waals surface area contributed by atoms with Crippen LogP contribution in [0.1, 0.15) is 32.6 Å². The molecule has 1 aromatic carbocycles. The second-order valence-corrected chi connectivity index (χ2v) is 5.56. The maximum absolute atomic E-state index is 10.9. The Labute approximate surface area is 113 Å². The third-order valence-electron chi connectivity index (χ3n) is 4.08. The zero-order valence-electron chi connectivity index (χ0n) is 11.5. The molecule has 19 heavy (non-hydrogen) atoms. The van der Waals surface area contributed by atoms with E-state index in [9.17, 15) is 10.1 Å². The highest BCUT2D eigenvalue weighted by Gasteiger charge is 2.23. The summed E-state index contributed by atoms with van der Waals surface area (Å²) < 4.78 is 0. The molecule has 0 spiro atoms. The van der Waals surface area contributed by atoms with Gasteiger partial charge in [0.25, 0.3) is 5.69 Å². The molecule has 1 aliphatic carbocycles. The quantitative estimate of drug-likeness (QED) is 0.516. The summed E-state index contributed by atoms with van der Waals surface area (Å²) in [4.78, 5) is 12.6. The summed E-state index contributed by atoms with van der Waals surface area (Å²) in [5.74, 6) is 0.792. The number of non-ortho nitro benzene ring substituents is 1. The van der Waals surface area contributed by atoms with Crippen LogP contribution in [-0.2, 0) is 0 Å². The van der Waals surface area contributed by atoms with Crippen molar-refractivity contribution in [3.05, 3.63) is 28.3 Å². The highest BCUT2D eigenvalue weighted by Crippen LogP contribution is 2.32. The fourth-order valence-corrected chi connectivity index (χ4v) is 2.77. The number of benzene rings is 1. The van der Waals surface area contributed by atoms with Crippen molar-refractivity contribution in [2.75, 3.05) is 17.7 Å². The second kappa shape index (κ2) is 5.47. The monoisotopic (exact) mass is 263 g/mol. The van der Waals surface area contributed by atoms with Crippen molar-refractivity contribution in [1.29, 1.82) is 0 Å². The lowest BCUT2D eigenvalue weighted by Crippen LogP contribution is -2.34. The van der Waals surface area contributed by atoms with Gasteiger partial charge in [-0.1, -0.05) is 6.92 Å². The topological polar surface area (TPSA) is 72.4 Å². The lowest BCUT2D eigenvalue weighted by Gasteiger charge is -2.35. The van der Waals surface area contributed by atoms with Gasteiger partial charge in [-0.05, 0) is 37.7 Å². The number of nitrogen functional groups attached to an aromatic ring is 1. The SMILES string of the molecule is CC1CCC(N(C)c2cc(N)cc([N+](=O)[O-])c2)CC1. The first-order valence-electron chi connectivity index (χ1n) is 6.75. The number of anilines is 2. The fourth-order valence-electron chi connectivity index (χ4n) is 2.77. The Morgan fingerprint density at radius 2 is 1.89 bits per heavy atom. The van der Waals surface area contributed by atoms with Crippen LogP contribution in [0.25, 0.3) is 0 Å². The number of hydrogen-bond acceptors (Lipinski definition) is 4. The molecule has 0 saturated heterocycles. The predicted octanol–water partition coefficient (Wildman–Crippen LogP) is 3.19. The minimum atomic E-state index is -0.392. The maximum Gasteiger partial charge on any atom is 0.273 e. The van der Waals surface area contributed by atoms with Crippen LogP contribution in [0, 0.1) is 16.0 Å². The van der Waals surface area contributed by atoms with Crippen molar-refractivity contribution in [1.82, 2.24) is 0 Å². The summed E-state index contributed by atoms with van der Waals surface area (Å²) in [5, 5.41) is 10.9. The van der Waals surface area contributed by atoms with Gasteiger partial charge in [-0.2, -0.15) is 0 Å². The molecule has 0 heterocycles. The number of hydrogen-bond donors (Lipinski definition) is 1. The van der Waals surface area contributed by atoms with Crippen molar-refractivity contribution in [3.8, 4) is 0 Å². The molecule has 5 nitrogen and oxygen atoms in total. The average molecular weight is 263 g/mol. The van der Waals surface area contributed by atoms with E-state index in [-0.39, 0.29) is 5.69 Å². The van der Waals surface area contributed by atoms with Crippen molar-refractivity contribution in [2.24, 2.45) is 5.92 Å². The van der Waals surface area contributed by atoms with Gasteiger partial charge in [0, 0.05) is 36.6 Å². The number of nitrogens with two attached hydrogens (primary N) is 1. The molecule has 1 aliphatic rings. The Hall–Kier alpha value is -1.78. The summed E-state index contributed by atoms with van der Waals surface area (Å²) in [6.07, 6.45) is 4.72. The minimum absolute atomic E-state index is 0.0611. The zero-order valence-corrected chi connectivity index (χ0v) is 11.5. The third-order valence-corrected chi connectivity index (χ3v) is 4.08. The number of nitrogens with zero attached hydrogens (tertiary/aromatic N) is 2. The second-order valence-electron chi connectivity index (χ2n) is 5.56. The van der Waals surface area contributed by atoms with Crippen LogP contribution in [0.15, 0.2) is 18.2 Å². The smallest absolute Gasteiger partial charge is 0.273 e. The zero-order chi connectivity index (χ0) is 14.0. The normalized spacial score (nSPS) is 23.1. The first-order valence-corrected chi connectivity index (χ1v) is 6.75. The number of nitro groups is 1. The summed E-state index contributed by atoms with van der Waals surface area (Å²) in [6.45, 7) is 2.28. The Morgan fingerprint density at radius 3 is 2.47 bits per heavy atom. The van der Waals surface area contributed by atoms with E-state index >= 15 is 0 Å². The molecule has 5 heteroatoms. The van der Waals surface area contributed by atoms with Gasteiger partial charge in [0.05, 0.1) is 4.92 Å². The first kappa shape index (κ1) is 13.6. The predicted molar refractivity (Wildman–Crippen MR) is 77.3 cm³/mol. The van der Waals surface area contributed by atoms with Crippen LogP contribution in [0.4, 0.5) is 17.1 Å². The van der Waals surface area contributed by atoms with Crippen LogP contribution in [0.3, 0.4) is 0 Å². The highest BCUT2D eigenvalue weighted by molar-refractivity contribution is 5.62. The summed E-state index contributed by atoms with van der Waals surface area (Å²) >= 11 is 0. The molecule has 2 rings (SSSR count). The van der Waals surface area contributed by atoms with Gasteiger partial charge in [-0.25, -0.2) is 0 Å². The molecular formula is C14H21N3O2. The van der Waals surface area contributed by atoms with Crippen LogP contribution in [-0.4, -0.2) is 18.0 Å². The van der Waals surface area contributed by atoms with E-state index in [4.69, 9.17) is 5.73 Å². The fraction of sp³-hybridized carbons (Fsp3) is 0.571.